The molecule has 1 aliphatic rings. The fourth-order valence-corrected chi connectivity index (χ4v) is 3.59. The number of hydrogen-bond donors (Lipinski definition) is 0. The first-order valence-corrected chi connectivity index (χ1v) is 8.98. The van der Waals surface area contributed by atoms with Gasteiger partial charge in [-0.15, -0.1) is 0 Å². The second kappa shape index (κ2) is 7.25. The first kappa shape index (κ1) is 17.5. The molecule has 128 valence electrons. The number of esters is 1. The van der Waals surface area contributed by atoms with Crippen LogP contribution in [-0.2, 0) is 9.47 Å². The smallest absolute Gasteiger partial charge is 0.358 e. The van der Waals surface area contributed by atoms with E-state index in [9.17, 15) is 4.79 Å². The summed E-state index contributed by atoms with van der Waals surface area (Å²) in [6, 6.07) is 7.79. The van der Waals surface area contributed by atoms with Crippen molar-refractivity contribution in [3.05, 3.63) is 51.0 Å². The third kappa shape index (κ3) is 3.23. The molecule has 5 nitrogen and oxygen atoms in total. The summed E-state index contributed by atoms with van der Waals surface area (Å²) in [6.07, 6.45) is 0. The number of carbonyl (C=O) groups is 1. The van der Waals surface area contributed by atoms with Crippen LogP contribution in [0.25, 0.3) is 0 Å². The Balaban J connectivity index is 2.08. The Morgan fingerprint density at radius 2 is 2.12 bits per heavy atom. The van der Waals surface area contributed by atoms with Crippen molar-refractivity contribution < 1.29 is 14.3 Å². The Kier molecular flexibility index (Phi) is 5.27. The highest BCUT2D eigenvalue weighted by atomic mass is 79.9. The molecule has 1 aromatic heterocycles. The predicted molar refractivity (Wildman–Crippen MR) is 94.7 cm³/mol. The van der Waals surface area contributed by atoms with Crippen LogP contribution in [-0.4, -0.2) is 35.3 Å². The first-order valence-electron chi connectivity index (χ1n) is 7.80. The summed E-state index contributed by atoms with van der Waals surface area (Å²) in [5, 5.41) is 0.679. The summed E-state index contributed by atoms with van der Waals surface area (Å²) >= 11 is 9.47. The highest BCUT2D eigenvalue weighted by molar-refractivity contribution is 9.10. The highest BCUT2D eigenvalue weighted by Crippen LogP contribution is 2.35. The van der Waals surface area contributed by atoms with Crippen LogP contribution in [0.2, 0.25) is 5.02 Å². The molecule has 1 saturated heterocycles. The molecule has 0 bridgehead atoms. The molecule has 0 spiro atoms. The number of hydrogen-bond acceptors (Lipinski definition) is 4. The number of benzene rings is 1. The summed E-state index contributed by atoms with van der Waals surface area (Å²) < 4.78 is 13.2. The largest absolute Gasteiger partial charge is 0.461 e. The zero-order valence-electron chi connectivity index (χ0n) is 13.5. The summed E-state index contributed by atoms with van der Waals surface area (Å²) in [5.74, 6) is -0.450. The Morgan fingerprint density at radius 3 is 2.67 bits per heavy atom. The number of imidazole rings is 1. The molecular weight excluding hydrogens is 396 g/mol. The zero-order valence-corrected chi connectivity index (χ0v) is 15.8. The van der Waals surface area contributed by atoms with Crippen LogP contribution in [0.1, 0.15) is 47.6 Å². The van der Waals surface area contributed by atoms with Gasteiger partial charge in [-0.05, 0) is 40.5 Å². The van der Waals surface area contributed by atoms with Gasteiger partial charge in [-0.1, -0.05) is 30.7 Å². The molecule has 3 rings (SSSR count). The molecular formula is C17H18BrClN2O3. The van der Waals surface area contributed by atoms with Crippen LogP contribution in [0.5, 0.6) is 0 Å². The average Bonchev–Trinajstić information content (AvgIpc) is 2.84. The van der Waals surface area contributed by atoms with E-state index in [4.69, 9.17) is 21.1 Å². The van der Waals surface area contributed by atoms with Gasteiger partial charge in [-0.3, -0.25) is 0 Å². The normalized spacial score (nSPS) is 15.8. The van der Waals surface area contributed by atoms with Gasteiger partial charge in [0.2, 0.25) is 0 Å². The Bertz CT molecular complexity index is 741. The topological polar surface area (TPSA) is 53.3 Å². The van der Waals surface area contributed by atoms with E-state index in [0.717, 1.165) is 11.3 Å². The van der Waals surface area contributed by atoms with Gasteiger partial charge in [-0.2, -0.15) is 0 Å². The van der Waals surface area contributed by atoms with Crippen molar-refractivity contribution in [3.63, 3.8) is 0 Å². The van der Waals surface area contributed by atoms with E-state index in [1.54, 1.807) is 6.92 Å². The molecule has 0 amide bonds. The lowest BCUT2D eigenvalue weighted by atomic mass is 9.95. The SMILES string of the molecule is CCOC(=O)c1nc(Br)n(C2COC2)c1C(C)c1ccc(Cl)cc1. The van der Waals surface area contributed by atoms with Crippen molar-refractivity contribution in [3.8, 4) is 0 Å². The van der Waals surface area contributed by atoms with Crippen molar-refractivity contribution in [2.75, 3.05) is 19.8 Å². The second-order valence-electron chi connectivity index (χ2n) is 5.67. The number of rotatable bonds is 5. The van der Waals surface area contributed by atoms with Crippen molar-refractivity contribution in [2.24, 2.45) is 0 Å². The van der Waals surface area contributed by atoms with Crippen LogP contribution < -0.4 is 0 Å². The lowest BCUT2D eigenvalue weighted by molar-refractivity contribution is -0.0256. The minimum atomic E-state index is -0.409. The third-order valence-corrected chi connectivity index (χ3v) is 4.95. The molecule has 1 fully saturated rings. The zero-order chi connectivity index (χ0) is 17.3. The van der Waals surface area contributed by atoms with E-state index in [-0.39, 0.29) is 12.0 Å². The number of ether oxygens (including phenoxy) is 2. The number of carbonyl (C=O) groups excluding carboxylic acids is 1. The summed E-state index contributed by atoms with van der Waals surface area (Å²) in [5.41, 5.74) is 2.23. The fourth-order valence-electron chi connectivity index (χ4n) is 2.81. The van der Waals surface area contributed by atoms with Crippen LogP contribution in [0, 0.1) is 0 Å². The highest BCUT2D eigenvalue weighted by Gasteiger charge is 2.33. The molecule has 0 saturated carbocycles. The molecule has 0 N–H and O–H groups in total. The van der Waals surface area contributed by atoms with Gasteiger partial charge in [-0.25, -0.2) is 9.78 Å². The van der Waals surface area contributed by atoms with E-state index in [2.05, 4.69) is 20.9 Å². The van der Waals surface area contributed by atoms with Gasteiger partial charge < -0.3 is 14.0 Å². The quantitative estimate of drug-likeness (QED) is 0.689. The lowest BCUT2D eigenvalue weighted by Gasteiger charge is -2.31. The van der Waals surface area contributed by atoms with Gasteiger partial charge in [0.15, 0.2) is 10.4 Å². The maximum Gasteiger partial charge on any atom is 0.358 e. The summed E-state index contributed by atoms with van der Waals surface area (Å²) in [4.78, 5) is 16.8. The second-order valence-corrected chi connectivity index (χ2v) is 6.82. The molecule has 0 aliphatic carbocycles. The maximum absolute atomic E-state index is 12.4. The fraction of sp³-hybridized carbons (Fsp3) is 0.412. The number of aromatic nitrogens is 2. The first-order chi connectivity index (χ1) is 11.5. The van der Waals surface area contributed by atoms with E-state index < -0.39 is 5.97 Å². The summed E-state index contributed by atoms with van der Waals surface area (Å²) in [7, 11) is 0. The van der Waals surface area contributed by atoms with Crippen LogP contribution in [0.15, 0.2) is 29.0 Å². The van der Waals surface area contributed by atoms with E-state index >= 15 is 0 Å². The minimum Gasteiger partial charge on any atom is -0.461 e. The Hall–Kier alpha value is -1.37. The molecule has 1 unspecified atom stereocenters. The van der Waals surface area contributed by atoms with Crippen molar-refractivity contribution in [1.82, 2.24) is 9.55 Å². The number of nitrogens with zero attached hydrogens (tertiary/aromatic N) is 2. The van der Waals surface area contributed by atoms with Crippen molar-refractivity contribution >= 4 is 33.5 Å². The van der Waals surface area contributed by atoms with Crippen LogP contribution in [0.3, 0.4) is 0 Å². The third-order valence-electron chi connectivity index (χ3n) is 4.14. The molecule has 1 atom stereocenters. The van der Waals surface area contributed by atoms with Gasteiger partial charge in [0, 0.05) is 10.9 Å². The molecule has 2 aromatic rings. The van der Waals surface area contributed by atoms with Crippen LogP contribution in [0.4, 0.5) is 0 Å². The summed E-state index contributed by atoms with van der Waals surface area (Å²) in [6.45, 7) is 5.36. The molecule has 1 aliphatic heterocycles. The maximum atomic E-state index is 12.4. The molecule has 1 aromatic carbocycles. The van der Waals surface area contributed by atoms with Crippen LogP contribution >= 0.6 is 27.5 Å². The average molecular weight is 414 g/mol. The Labute approximate surface area is 154 Å². The van der Waals surface area contributed by atoms with Gasteiger partial charge in [0.25, 0.3) is 0 Å². The molecule has 24 heavy (non-hydrogen) atoms. The van der Waals surface area contributed by atoms with E-state index in [1.165, 1.54) is 0 Å². The van der Waals surface area contributed by atoms with Gasteiger partial charge in [0.05, 0.1) is 31.6 Å². The van der Waals surface area contributed by atoms with E-state index in [0.29, 0.717) is 35.3 Å². The monoisotopic (exact) mass is 412 g/mol. The lowest BCUT2D eigenvalue weighted by Crippen LogP contribution is -2.32. The molecule has 0 radical (unpaired) electrons. The molecule has 7 heteroatoms. The molecule has 2 heterocycles. The standard InChI is InChI=1S/C17H18BrClN2O3/c1-3-24-16(22)14-15(10(2)11-4-6-12(19)7-5-11)21(17(18)20-14)13-8-23-9-13/h4-7,10,13H,3,8-9H2,1-2H3. The van der Waals surface area contributed by atoms with E-state index in [1.807, 2.05) is 35.8 Å². The Morgan fingerprint density at radius 1 is 1.46 bits per heavy atom. The van der Waals surface area contributed by atoms with Gasteiger partial charge >= 0.3 is 5.97 Å². The van der Waals surface area contributed by atoms with Crippen molar-refractivity contribution in [2.45, 2.75) is 25.8 Å². The van der Waals surface area contributed by atoms with Crippen molar-refractivity contribution in [1.29, 1.82) is 0 Å². The minimum absolute atomic E-state index is 0.0407. The predicted octanol–water partition coefficient (Wildman–Crippen LogP) is 4.20. The van der Waals surface area contributed by atoms with Gasteiger partial charge in [0.1, 0.15) is 0 Å². The number of halogens is 2.